The van der Waals surface area contributed by atoms with Gasteiger partial charge in [-0.1, -0.05) is 18.6 Å². The van der Waals surface area contributed by atoms with Crippen molar-refractivity contribution in [2.45, 2.75) is 31.9 Å². The van der Waals surface area contributed by atoms with E-state index in [9.17, 15) is 5.11 Å². The van der Waals surface area contributed by atoms with Crippen molar-refractivity contribution in [1.29, 1.82) is 0 Å². The molecule has 0 aromatic heterocycles. The second-order valence-electron chi connectivity index (χ2n) is 6.48. The molecule has 0 amide bonds. The Morgan fingerprint density at radius 2 is 1.86 bits per heavy atom. The van der Waals surface area contributed by atoms with Gasteiger partial charge in [-0.2, -0.15) is 0 Å². The predicted octanol–water partition coefficient (Wildman–Crippen LogP) is 1.62. The van der Waals surface area contributed by atoms with E-state index in [1.54, 1.807) is 0 Å². The lowest BCUT2D eigenvalue weighted by Crippen LogP contribution is -2.34. The number of nitrogens with two attached hydrogens (primary N) is 1. The molecule has 2 fully saturated rings. The van der Waals surface area contributed by atoms with Gasteiger partial charge in [-0.15, -0.1) is 0 Å². The molecule has 21 heavy (non-hydrogen) atoms. The van der Waals surface area contributed by atoms with Gasteiger partial charge in [0.25, 0.3) is 0 Å². The minimum absolute atomic E-state index is 0.355. The quantitative estimate of drug-likeness (QED) is 0.836. The number of hydrogen-bond acceptors (Lipinski definition) is 4. The Bertz CT molecular complexity index is 437. The summed E-state index contributed by atoms with van der Waals surface area (Å²) in [4.78, 5) is 2.40. The summed E-state index contributed by atoms with van der Waals surface area (Å²) >= 11 is 0. The number of fused-ring (bicyclic) bond motifs is 1. The van der Waals surface area contributed by atoms with Gasteiger partial charge in [0, 0.05) is 26.2 Å². The highest BCUT2D eigenvalue weighted by Crippen LogP contribution is 2.37. The lowest BCUT2D eigenvalue weighted by molar-refractivity contribution is 0.0734. The molecule has 1 saturated carbocycles. The van der Waals surface area contributed by atoms with E-state index in [-0.39, 0.29) is 0 Å². The van der Waals surface area contributed by atoms with Crippen molar-refractivity contribution in [1.82, 2.24) is 4.90 Å². The molecule has 1 heterocycles. The van der Waals surface area contributed by atoms with Crippen molar-refractivity contribution < 1.29 is 9.84 Å². The number of hydrogen-bond donors (Lipinski definition) is 2. The average Bonchev–Trinajstić information content (AvgIpc) is 3.07. The number of β-amino-alcohol motifs (C(OH)–C–C–N with tert-alkyl or cyclic N) is 1. The lowest BCUT2D eigenvalue weighted by Gasteiger charge is -2.21. The van der Waals surface area contributed by atoms with Crippen LogP contribution in [-0.2, 0) is 6.54 Å². The van der Waals surface area contributed by atoms with Crippen LogP contribution in [0.2, 0.25) is 0 Å². The van der Waals surface area contributed by atoms with Gasteiger partial charge in [-0.05, 0) is 42.4 Å². The normalized spacial score (nSPS) is 26.8. The lowest BCUT2D eigenvalue weighted by atomic mass is 10.0. The van der Waals surface area contributed by atoms with Crippen LogP contribution in [0.15, 0.2) is 24.3 Å². The zero-order valence-corrected chi connectivity index (χ0v) is 12.6. The molecule has 0 radical (unpaired) electrons. The fraction of sp³-hybridized carbons (Fsp3) is 0.647. The van der Waals surface area contributed by atoms with Gasteiger partial charge in [0.1, 0.15) is 18.5 Å². The van der Waals surface area contributed by atoms with E-state index in [1.807, 2.05) is 24.3 Å². The largest absolute Gasteiger partial charge is 0.491 e. The second kappa shape index (κ2) is 6.77. The molecule has 3 atom stereocenters. The summed E-state index contributed by atoms with van der Waals surface area (Å²) in [7, 11) is 0. The first-order valence-electron chi connectivity index (χ1n) is 8.07. The number of likely N-dealkylation sites (tertiary alicyclic amines) is 1. The van der Waals surface area contributed by atoms with Crippen molar-refractivity contribution in [3.05, 3.63) is 29.8 Å². The number of nitrogens with zero attached hydrogens (tertiary/aromatic N) is 1. The Labute approximate surface area is 126 Å². The Hall–Kier alpha value is -1.10. The average molecular weight is 290 g/mol. The third-order valence-electron chi connectivity index (χ3n) is 4.87. The topological polar surface area (TPSA) is 58.7 Å². The maximum absolute atomic E-state index is 10.1. The van der Waals surface area contributed by atoms with E-state index in [0.717, 1.165) is 42.8 Å². The van der Waals surface area contributed by atoms with Crippen LogP contribution in [-0.4, -0.2) is 42.4 Å². The second-order valence-corrected chi connectivity index (χ2v) is 6.48. The molecule has 0 spiro atoms. The molecule has 1 aromatic carbocycles. The van der Waals surface area contributed by atoms with Crippen LogP contribution in [0.3, 0.4) is 0 Å². The standard InChI is InChI=1S/C17H26N2O2/c18-8-13-4-6-17(7-5-13)21-12-16(20)11-19-9-14-2-1-3-15(14)10-19/h4-7,14-16,20H,1-3,8-12,18H2. The minimum Gasteiger partial charge on any atom is -0.491 e. The Balaban J connectivity index is 1.41. The number of rotatable bonds is 6. The first-order valence-corrected chi connectivity index (χ1v) is 8.07. The van der Waals surface area contributed by atoms with Gasteiger partial charge in [0.2, 0.25) is 0 Å². The van der Waals surface area contributed by atoms with Gasteiger partial charge in [0.05, 0.1) is 0 Å². The Kier molecular flexibility index (Phi) is 4.78. The van der Waals surface area contributed by atoms with Crippen molar-refractivity contribution in [3.63, 3.8) is 0 Å². The molecule has 4 nitrogen and oxygen atoms in total. The van der Waals surface area contributed by atoms with Crippen molar-refractivity contribution in [3.8, 4) is 5.75 Å². The van der Waals surface area contributed by atoms with Gasteiger partial charge in [0.15, 0.2) is 0 Å². The van der Waals surface area contributed by atoms with E-state index in [4.69, 9.17) is 10.5 Å². The Morgan fingerprint density at radius 3 is 2.48 bits per heavy atom. The van der Waals surface area contributed by atoms with Crippen LogP contribution in [0.1, 0.15) is 24.8 Å². The number of ether oxygens (including phenoxy) is 1. The SMILES string of the molecule is NCc1ccc(OCC(O)CN2CC3CCCC3C2)cc1. The summed E-state index contributed by atoms with van der Waals surface area (Å²) in [5, 5.41) is 10.1. The zero-order chi connectivity index (χ0) is 14.7. The molecule has 1 aliphatic heterocycles. The van der Waals surface area contributed by atoms with Gasteiger partial charge >= 0.3 is 0 Å². The smallest absolute Gasteiger partial charge is 0.119 e. The maximum Gasteiger partial charge on any atom is 0.119 e. The summed E-state index contributed by atoms with van der Waals surface area (Å²) in [5.41, 5.74) is 6.66. The summed E-state index contributed by atoms with van der Waals surface area (Å²) in [6.07, 6.45) is 3.73. The molecular formula is C17H26N2O2. The number of benzene rings is 1. The summed E-state index contributed by atoms with van der Waals surface area (Å²) < 4.78 is 5.65. The van der Waals surface area contributed by atoms with Crippen LogP contribution >= 0.6 is 0 Å². The van der Waals surface area contributed by atoms with Gasteiger partial charge in [-0.3, -0.25) is 0 Å². The highest BCUT2D eigenvalue weighted by molar-refractivity contribution is 5.27. The molecule has 3 N–H and O–H groups in total. The first kappa shape index (κ1) is 14.8. The molecule has 1 aliphatic carbocycles. The van der Waals surface area contributed by atoms with Crippen molar-refractivity contribution >= 4 is 0 Å². The van der Waals surface area contributed by atoms with Gasteiger partial charge in [-0.25, -0.2) is 0 Å². The van der Waals surface area contributed by atoms with Crippen molar-refractivity contribution in [2.75, 3.05) is 26.2 Å². The summed E-state index contributed by atoms with van der Waals surface area (Å²) in [6.45, 7) is 3.95. The molecular weight excluding hydrogens is 264 g/mol. The van der Waals surface area contributed by atoms with E-state index < -0.39 is 6.10 Å². The number of aliphatic hydroxyl groups excluding tert-OH is 1. The molecule has 1 aromatic rings. The fourth-order valence-electron chi connectivity index (χ4n) is 3.75. The highest BCUT2D eigenvalue weighted by Gasteiger charge is 2.36. The van der Waals surface area contributed by atoms with Crippen LogP contribution in [0.5, 0.6) is 5.75 Å². The summed E-state index contributed by atoms with van der Waals surface area (Å²) in [6, 6.07) is 7.75. The molecule has 0 bridgehead atoms. The molecule has 3 unspecified atom stereocenters. The summed E-state index contributed by atoms with van der Waals surface area (Å²) in [5.74, 6) is 2.55. The Morgan fingerprint density at radius 1 is 1.19 bits per heavy atom. The fourth-order valence-corrected chi connectivity index (χ4v) is 3.75. The zero-order valence-electron chi connectivity index (χ0n) is 12.6. The first-order chi connectivity index (χ1) is 10.2. The third kappa shape index (κ3) is 3.76. The van der Waals surface area contributed by atoms with Crippen LogP contribution in [0.25, 0.3) is 0 Å². The molecule has 4 heteroatoms. The number of aliphatic hydroxyl groups is 1. The van der Waals surface area contributed by atoms with E-state index in [0.29, 0.717) is 13.2 Å². The van der Waals surface area contributed by atoms with Crippen LogP contribution in [0, 0.1) is 11.8 Å². The highest BCUT2D eigenvalue weighted by atomic mass is 16.5. The third-order valence-corrected chi connectivity index (χ3v) is 4.87. The molecule has 3 rings (SSSR count). The molecule has 116 valence electrons. The molecule has 2 aliphatic rings. The molecule has 1 saturated heterocycles. The van der Waals surface area contributed by atoms with E-state index >= 15 is 0 Å². The van der Waals surface area contributed by atoms with Crippen LogP contribution in [0.4, 0.5) is 0 Å². The minimum atomic E-state index is -0.419. The monoisotopic (exact) mass is 290 g/mol. The maximum atomic E-state index is 10.1. The predicted molar refractivity (Wildman–Crippen MR) is 83.1 cm³/mol. The van der Waals surface area contributed by atoms with E-state index in [1.165, 1.54) is 19.3 Å². The van der Waals surface area contributed by atoms with Crippen LogP contribution < -0.4 is 10.5 Å². The van der Waals surface area contributed by atoms with Gasteiger partial charge < -0.3 is 20.5 Å². The van der Waals surface area contributed by atoms with E-state index in [2.05, 4.69) is 4.90 Å². The van der Waals surface area contributed by atoms with Crippen molar-refractivity contribution in [2.24, 2.45) is 17.6 Å².